The third-order valence-corrected chi connectivity index (χ3v) is 7.70. The van der Waals surface area contributed by atoms with Gasteiger partial charge < -0.3 is 9.47 Å². The summed E-state index contributed by atoms with van der Waals surface area (Å²) in [6.45, 7) is 5.37. The smallest absolute Gasteiger partial charge is 0.323 e. The zero-order valence-corrected chi connectivity index (χ0v) is 23.5. The molecule has 0 heterocycles. The molecule has 1 fully saturated rings. The van der Waals surface area contributed by atoms with E-state index >= 15 is 0 Å². The first-order chi connectivity index (χ1) is 17.2. The second-order valence-electron chi connectivity index (χ2n) is 10.9. The number of hydrogen-bond acceptors (Lipinski definition) is 4. The second kappa shape index (κ2) is 22.2. The van der Waals surface area contributed by atoms with Gasteiger partial charge in [-0.1, -0.05) is 142 Å². The van der Waals surface area contributed by atoms with Crippen LogP contribution in [0.5, 0.6) is 0 Å². The van der Waals surface area contributed by atoms with Crippen LogP contribution in [0.4, 0.5) is 0 Å². The Hall–Kier alpha value is -1.06. The number of hydrogen-bond donors (Lipinski definition) is 0. The highest BCUT2D eigenvalue weighted by molar-refractivity contribution is 6.00. The number of carbonyl (C=O) groups is 2. The Balaban J connectivity index is 2.10. The SMILES string of the molecule is CCCCCCCCCCCCOC(=O)C1(C(=O)OCCCCCCCCCCCC)CCCC1. The van der Waals surface area contributed by atoms with Crippen molar-refractivity contribution in [3.63, 3.8) is 0 Å². The van der Waals surface area contributed by atoms with Crippen molar-refractivity contribution >= 4 is 11.9 Å². The van der Waals surface area contributed by atoms with Gasteiger partial charge in [-0.15, -0.1) is 0 Å². The molecule has 1 rings (SSSR count). The number of esters is 2. The zero-order valence-electron chi connectivity index (χ0n) is 23.5. The first-order valence-corrected chi connectivity index (χ1v) is 15.5. The summed E-state index contributed by atoms with van der Waals surface area (Å²) in [5.74, 6) is -0.669. The van der Waals surface area contributed by atoms with Gasteiger partial charge >= 0.3 is 11.9 Å². The summed E-state index contributed by atoms with van der Waals surface area (Å²) < 4.78 is 11.2. The van der Waals surface area contributed by atoms with E-state index < -0.39 is 5.41 Å². The van der Waals surface area contributed by atoms with E-state index in [1.54, 1.807) is 0 Å². The Morgan fingerprint density at radius 2 is 0.771 bits per heavy atom. The van der Waals surface area contributed by atoms with Gasteiger partial charge in [-0.2, -0.15) is 0 Å². The number of carbonyl (C=O) groups excluding carboxylic acids is 2. The van der Waals surface area contributed by atoms with Gasteiger partial charge in [0.25, 0.3) is 0 Å². The molecule has 4 nitrogen and oxygen atoms in total. The van der Waals surface area contributed by atoms with Crippen LogP contribution in [0.15, 0.2) is 0 Å². The molecule has 0 atom stereocenters. The Bertz CT molecular complexity index is 470. The van der Waals surface area contributed by atoms with Gasteiger partial charge in [0.1, 0.15) is 0 Å². The summed E-state index contributed by atoms with van der Waals surface area (Å²) in [6, 6.07) is 0. The van der Waals surface area contributed by atoms with E-state index in [2.05, 4.69) is 13.8 Å². The highest BCUT2D eigenvalue weighted by Gasteiger charge is 2.50. The van der Waals surface area contributed by atoms with Crippen molar-refractivity contribution in [2.45, 2.75) is 168 Å². The predicted octanol–water partition coefficient (Wildman–Crippen LogP) is 9.48. The summed E-state index contributed by atoms with van der Waals surface area (Å²) in [5.41, 5.74) is -1.03. The maximum atomic E-state index is 12.8. The van der Waals surface area contributed by atoms with Gasteiger partial charge in [-0.3, -0.25) is 9.59 Å². The van der Waals surface area contributed by atoms with E-state index in [1.807, 2.05) is 0 Å². The lowest BCUT2D eigenvalue weighted by Crippen LogP contribution is -2.40. The van der Waals surface area contributed by atoms with Crippen molar-refractivity contribution in [1.29, 1.82) is 0 Å². The molecule has 4 heteroatoms. The average molecular weight is 495 g/mol. The molecule has 0 aliphatic heterocycles. The summed E-state index contributed by atoms with van der Waals surface area (Å²) in [5, 5.41) is 0. The molecule has 1 saturated carbocycles. The fourth-order valence-corrected chi connectivity index (χ4v) is 5.26. The minimum absolute atomic E-state index is 0.334. The lowest BCUT2D eigenvalue weighted by Gasteiger charge is -2.24. The molecule has 0 aromatic rings. The monoisotopic (exact) mass is 494 g/mol. The van der Waals surface area contributed by atoms with Gasteiger partial charge in [0, 0.05) is 0 Å². The van der Waals surface area contributed by atoms with Gasteiger partial charge in [0.05, 0.1) is 13.2 Å². The van der Waals surface area contributed by atoms with E-state index in [-0.39, 0.29) is 11.9 Å². The molecule has 0 saturated heterocycles. The minimum atomic E-state index is -1.03. The van der Waals surface area contributed by atoms with Crippen LogP contribution in [0, 0.1) is 5.41 Å². The van der Waals surface area contributed by atoms with Gasteiger partial charge in [-0.05, 0) is 25.7 Å². The molecule has 0 aromatic carbocycles. The molecule has 0 N–H and O–H groups in total. The second-order valence-corrected chi connectivity index (χ2v) is 10.9. The lowest BCUT2D eigenvalue weighted by molar-refractivity contribution is -0.172. The molecule has 1 aliphatic carbocycles. The topological polar surface area (TPSA) is 52.6 Å². The van der Waals surface area contributed by atoms with Crippen LogP contribution in [0.2, 0.25) is 0 Å². The Kier molecular flexibility index (Phi) is 20.2. The van der Waals surface area contributed by atoms with Crippen LogP contribution in [-0.4, -0.2) is 25.2 Å². The van der Waals surface area contributed by atoms with Gasteiger partial charge in [0.15, 0.2) is 5.41 Å². The maximum Gasteiger partial charge on any atom is 0.323 e. The maximum absolute atomic E-state index is 12.8. The first kappa shape index (κ1) is 32.0. The highest BCUT2D eigenvalue weighted by atomic mass is 16.6. The average Bonchev–Trinajstić information content (AvgIpc) is 3.37. The van der Waals surface area contributed by atoms with Gasteiger partial charge in [-0.25, -0.2) is 0 Å². The molecule has 0 amide bonds. The zero-order chi connectivity index (χ0) is 25.5. The van der Waals surface area contributed by atoms with Crippen molar-refractivity contribution in [3.8, 4) is 0 Å². The summed E-state index contributed by atoms with van der Waals surface area (Å²) in [4.78, 5) is 25.7. The molecule has 206 valence electrons. The fourth-order valence-electron chi connectivity index (χ4n) is 5.26. The van der Waals surface area contributed by atoms with Gasteiger partial charge in [0.2, 0.25) is 0 Å². The number of ether oxygens (including phenoxy) is 2. The van der Waals surface area contributed by atoms with Crippen LogP contribution in [0.1, 0.15) is 168 Å². The van der Waals surface area contributed by atoms with Crippen molar-refractivity contribution in [2.24, 2.45) is 5.41 Å². The van der Waals surface area contributed by atoms with E-state index in [0.29, 0.717) is 26.1 Å². The van der Waals surface area contributed by atoms with Crippen LogP contribution in [0.25, 0.3) is 0 Å². The Morgan fingerprint density at radius 1 is 0.486 bits per heavy atom. The number of rotatable bonds is 24. The molecular formula is C31H58O4. The third-order valence-electron chi connectivity index (χ3n) is 7.70. The molecule has 0 radical (unpaired) electrons. The quantitative estimate of drug-likeness (QED) is 0.0761. The molecule has 0 aromatic heterocycles. The first-order valence-electron chi connectivity index (χ1n) is 15.5. The van der Waals surface area contributed by atoms with Crippen molar-refractivity contribution < 1.29 is 19.1 Å². The largest absolute Gasteiger partial charge is 0.465 e. The third kappa shape index (κ3) is 14.9. The molecular weight excluding hydrogens is 436 g/mol. The Labute approximate surface area is 217 Å². The van der Waals surface area contributed by atoms with Crippen molar-refractivity contribution in [2.75, 3.05) is 13.2 Å². The molecule has 1 aliphatic rings. The van der Waals surface area contributed by atoms with Crippen molar-refractivity contribution in [1.82, 2.24) is 0 Å². The summed E-state index contributed by atoms with van der Waals surface area (Å²) in [7, 11) is 0. The predicted molar refractivity (Wildman–Crippen MR) is 147 cm³/mol. The summed E-state index contributed by atoms with van der Waals surface area (Å²) in [6.07, 6.45) is 28.0. The van der Waals surface area contributed by atoms with Crippen LogP contribution in [0.3, 0.4) is 0 Å². The van der Waals surface area contributed by atoms with E-state index in [4.69, 9.17) is 9.47 Å². The highest BCUT2D eigenvalue weighted by Crippen LogP contribution is 2.40. The van der Waals surface area contributed by atoms with E-state index in [0.717, 1.165) is 38.5 Å². The van der Waals surface area contributed by atoms with Crippen LogP contribution in [-0.2, 0) is 19.1 Å². The minimum Gasteiger partial charge on any atom is -0.465 e. The van der Waals surface area contributed by atoms with E-state index in [1.165, 1.54) is 103 Å². The molecule has 0 unspecified atom stereocenters. The van der Waals surface area contributed by atoms with Crippen LogP contribution < -0.4 is 0 Å². The van der Waals surface area contributed by atoms with Crippen LogP contribution >= 0.6 is 0 Å². The fraction of sp³-hybridized carbons (Fsp3) is 0.935. The number of unbranched alkanes of at least 4 members (excludes halogenated alkanes) is 18. The van der Waals surface area contributed by atoms with Crippen molar-refractivity contribution in [3.05, 3.63) is 0 Å². The Morgan fingerprint density at radius 3 is 1.09 bits per heavy atom. The summed E-state index contributed by atoms with van der Waals surface area (Å²) >= 11 is 0. The molecule has 0 spiro atoms. The molecule has 0 bridgehead atoms. The molecule has 35 heavy (non-hydrogen) atoms. The lowest BCUT2D eigenvalue weighted by atomic mass is 9.86. The van der Waals surface area contributed by atoms with E-state index in [9.17, 15) is 9.59 Å². The normalized spacial score (nSPS) is 14.8. The standard InChI is InChI=1S/C31H58O4/c1-3-5-7-9-11-13-15-17-19-23-27-34-29(32)31(25-21-22-26-31)30(33)35-28-24-20-18-16-14-12-10-8-6-4-2/h3-28H2,1-2H3.